The van der Waals surface area contributed by atoms with Gasteiger partial charge in [0.05, 0.1) is 6.07 Å². The quantitative estimate of drug-likeness (QED) is 0.0487. The van der Waals surface area contributed by atoms with Crippen molar-refractivity contribution in [2.75, 3.05) is 27.2 Å². The van der Waals surface area contributed by atoms with Gasteiger partial charge in [0, 0.05) is 62.8 Å². The third-order valence-corrected chi connectivity index (χ3v) is 9.49. The van der Waals surface area contributed by atoms with Crippen LogP contribution in [0.1, 0.15) is 72.1 Å². The van der Waals surface area contributed by atoms with Gasteiger partial charge in [0.1, 0.15) is 0 Å². The van der Waals surface area contributed by atoms with Crippen LogP contribution in [0, 0.1) is 39.0 Å². The molecule has 0 fully saturated rings. The Hall–Kier alpha value is -6.21. The average molecular weight is 968 g/mol. The number of hydrogen-bond donors (Lipinski definition) is 0. The summed E-state index contributed by atoms with van der Waals surface area (Å²) in [7, 11) is 4.06. The summed E-state index contributed by atoms with van der Waals surface area (Å²) in [5.74, 6) is -0.776. The third kappa shape index (κ3) is 20.7. The Morgan fingerprint density at radius 3 is 1.08 bits per heavy atom. The zero-order valence-electron chi connectivity index (χ0n) is 38.3. The summed E-state index contributed by atoms with van der Waals surface area (Å²) in [5.41, 5.74) is 7.67. The molecule has 0 saturated heterocycles. The first-order chi connectivity index (χ1) is 30.1. The average Bonchev–Trinajstić information content (AvgIpc) is 3.28. The molecule has 2 radical (unpaired) electrons. The number of allylic oxidation sites excluding steroid dienone is 2. The van der Waals surface area contributed by atoms with Crippen molar-refractivity contribution >= 4 is 23.1 Å². The van der Waals surface area contributed by atoms with Crippen LogP contribution >= 0.6 is 0 Å². The molecule has 0 spiro atoms. The Kier molecular flexibility index (Phi) is 28.6. The van der Waals surface area contributed by atoms with Gasteiger partial charge in [-0.25, -0.2) is 0 Å². The maximum absolute atomic E-state index is 12.3. The number of likely N-dealkylation sites (N-methyl/N-ethyl adjacent to an activating group) is 2. The second kappa shape index (κ2) is 31.6. The number of hydrogen-bond acceptors (Lipinski definition) is 9. The molecule has 6 aromatic carbocycles. The van der Waals surface area contributed by atoms with E-state index in [1.165, 1.54) is 6.92 Å². The van der Waals surface area contributed by atoms with E-state index in [-0.39, 0.29) is 75.1 Å². The first-order valence-corrected chi connectivity index (χ1v) is 20.4. The summed E-state index contributed by atoms with van der Waals surface area (Å²) in [4.78, 5) is 27.8. The van der Waals surface area contributed by atoms with Gasteiger partial charge >= 0.3 is 16.5 Å². The van der Waals surface area contributed by atoms with E-state index >= 15 is 0 Å². The topological polar surface area (TPSA) is 185 Å². The Morgan fingerprint density at radius 1 is 0.545 bits per heavy atom. The van der Waals surface area contributed by atoms with Crippen LogP contribution in [0.2, 0.25) is 0 Å². The van der Waals surface area contributed by atoms with Crippen molar-refractivity contribution in [3.8, 4) is 17.6 Å². The summed E-state index contributed by atoms with van der Waals surface area (Å²) in [5, 5.41) is 55.4. The molecule has 6 rings (SSSR count). The van der Waals surface area contributed by atoms with Crippen LogP contribution in [-0.4, -0.2) is 48.6 Å². The van der Waals surface area contributed by atoms with E-state index in [9.17, 15) is 30.0 Å². The third-order valence-electron chi connectivity index (χ3n) is 9.49. The summed E-state index contributed by atoms with van der Waals surface area (Å²) in [6, 6.07) is 44.6. The molecular formula is C54H55N3NiO7V-3. The van der Waals surface area contributed by atoms with E-state index in [4.69, 9.17) is 5.26 Å². The number of carbonyl (C=O) groups is 2. The van der Waals surface area contributed by atoms with Crippen molar-refractivity contribution in [1.29, 1.82) is 5.26 Å². The van der Waals surface area contributed by atoms with Crippen molar-refractivity contribution in [1.82, 2.24) is 9.80 Å². The number of nitriles is 1. The van der Waals surface area contributed by atoms with Gasteiger partial charge in [-0.2, -0.15) is 5.26 Å². The molecule has 0 amide bonds. The summed E-state index contributed by atoms with van der Waals surface area (Å²) >= 11 is 0. The molecule has 0 aromatic heterocycles. The summed E-state index contributed by atoms with van der Waals surface area (Å²) < 4.78 is 0. The molecule has 12 heteroatoms. The number of nitrogens with zero attached hydrogens (tertiary/aromatic N) is 3. The molecule has 0 bridgehead atoms. The van der Waals surface area contributed by atoms with E-state index in [0.29, 0.717) is 35.3 Å². The van der Waals surface area contributed by atoms with E-state index in [1.807, 2.05) is 90.3 Å². The molecule has 10 nitrogen and oxygen atoms in total. The number of ketones is 2. The van der Waals surface area contributed by atoms with E-state index in [0.717, 1.165) is 58.6 Å². The van der Waals surface area contributed by atoms with Crippen LogP contribution in [0.25, 0.3) is 11.5 Å². The molecular weight excluding hydrogens is 912 g/mol. The second-order valence-corrected chi connectivity index (χ2v) is 15.0. The SMILES string of the molecule is CC#N.Cc1cc(C)c([O-])c(CN(C)CCN(C)Cc2cc(C)cc(C)c2[O-])c1.O=C(/C=C(\[O-])c1ccccc1)c1ccccc1.O=C(/C=C(\[O-])c1ccccc1)c1ccccc1.[Ni+3].[O-2].[V]. The fourth-order valence-corrected chi connectivity index (χ4v) is 6.38. The van der Waals surface area contributed by atoms with Crippen LogP contribution < -0.4 is 20.4 Å². The maximum Gasteiger partial charge on any atom is 3.00 e. The zero-order chi connectivity index (χ0) is 46.3. The number of rotatable bonds is 13. The second-order valence-electron chi connectivity index (χ2n) is 15.0. The molecule has 0 aliphatic heterocycles. The molecule has 346 valence electrons. The Balaban J connectivity index is 0.000000937. The standard InChI is InChI=1S/C22H32N2O2.2C15H12O2.C2H3N.Ni.O.V/c1-15-9-17(3)21(25)19(11-15)13-23(5)7-8-24(6)14-20-12-16(2)10-18(4)22(20)26;2*16-14(12-7-3-1-4-8-12)11-15(17)13-9-5-2-6-10-13;1-2-3;;;/h9-12,25-26H,7-8,13-14H2,1-6H3;2*1-11,16H;1H3;;;/q;;;;+3;-2;/p-4/b;2*14-11-;;;;. The Bertz CT molecular complexity index is 2310. The predicted octanol–water partition coefficient (Wildman–Crippen LogP) is 7.58. The Labute approximate surface area is 412 Å². The summed E-state index contributed by atoms with van der Waals surface area (Å²) in [6.45, 7) is 12.2. The van der Waals surface area contributed by atoms with Gasteiger partial charge in [-0.05, 0) is 76.2 Å². The minimum atomic E-state index is -0.264. The Morgan fingerprint density at radius 2 is 0.803 bits per heavy atom. The fourth-order valence-electron chi connectivity index (χ4n) is 6.38. The minimum absolute atomic E-state index is 0. The van der Waals surface area contributed by atoms with Gasteiger partial charge < -0.3 is 35.7 Å². The van der Waals surface area contributed by atoms with Gasteiger partial charge in [-0.15, -0.1) is 11.5 Å². The predicted molar refractivity (Wildman–Crippen MR) is 246 cm³/mol. The van der Waals surface area contributed by atoms with E-state index < -0.39 is 0 Å². The smallest absolute Gasteiger partial charge is 2.00 e. The number of benzene rings is 6. The first-order valence-electron chi connectivity index (χ1n) is 20.4. The molecule has 0 aliphatic rings. The summed E-state index contributed by atoms with van der Waals surface area (Å²) in [6.07, 6.45) is 2.26. The van der Waals surface area contributed by atoms with Crippen molar-refractivity contribution in [3.05, 3.63) is 213 Å². The normalized spacial score (nSPS) is 10.4. The fraction of sp³-hybridized carbons (Fsp3) is 0.204. The van der Waals surface area contributed by atoms with Crippen LogP contribution in [0.15, 0.2) is 158 Å². The van der Waals surface area contributed by atoms with Crippen LogP contribution in [0.3, 0.4) is 0 Å². The molecule has 0 N–H and O–H groups in total. The van der Waals surface area contributed by atoms with Gasteiger partial charge in [-0.1, -0.05) is 179 Å². The molecule has 0 atom stereocenters. The van der Waals surface area contributed by atoms with E-state index in [2.05, 4.69) is 9.80 Å². The molecule has 0 aliphatic carbocycles. The van der Waals surface area contributed by atoms with E-state index in [1.54, 1.807) is 103 Å². The largest absolute Gasteiger partial charge is 3.00 e. The molecule has 0 unspecified atom stereocenters. The molecule has 66 heavy (non-hydrogen) atoms. The number of aryl methyl sites for hydroxylation is 4. The molecule has 0 heterocycles. The van der Waals surface area contributed by atoms with Crippen molar-refractivity contribution in [2.45, 2.75) is 47.7 Å². The van der Waals surface area contributed by atoms with Crippen LogP contribution in [0.5, 0.6) is 11.5 Å². The van der Waals surface area contributed by atoms with Crippen molar-refractivity contribution in [3.63, 3.8) is 0 Å². The first kappa shape index (κ1) is 59.8. The van der Waals surface area contributed by atoms with Gasteiger partial charge in [0.25, 0.3) is 0 Å². The van der Waals surface area contributed by atoms with Gasteiger partial charge in [0.2, 0.25) is 0 Å². The minimum Gasteiger partial charge on any atom is -2.00 e. The monoisotopic (exact) mass is 966 g/mol. The van der Waals surface area contributed by atoms with Crippen molar-refractivity contribution < 1.29 is 70.5 Å². The molecule has 0 saturated carbocycles. The number of carbonyl (C=O) groups excluding carboxylic acids is 2. The maximum atomic E-state index is 12.3. The van der Waals surface area contributed by atoms with Gasteiger partial charge in [0.15, 0.2) is 11.6 Å². The molecule has 6 aromatic rings. The van der Waals surface area contributed by atoms with Gasteiger partial charge in [-0.3, -0.25) is 9.59 Å². The van der Waals surface area contributed by atoms with Crippen LogP contribution in [-0.2, 0) is 53.6 Å². The van der Waals surface area contributed by atoms with Crippen molar-refractivity contribution in [2.24, 2.45) is 0 Å². The zero-order valence-corrected chi connectivity index (χ0v) is 40.7. The van der Waals surface area contributed by atoms with Crippen LogP contribution in [0.4, 0.5) is 0 Å².